The standard InChI is InChI=1S/C12H20N4OS/c1-17-7-12-15-10(13)6-11(16-12)14-8-4-3-5-9(8)18-2/h6,8-9H,3-5,7H2,1-2H3,(H3,13,14,15,16). The van der Waals surface area contributed by atoms with Gasteiger partial charge in [0.25, 0.3) is 0 Å². The fraction of sp³-hybridized carbons (Fsp3) is 0.667. The van der Waals surface area contributed by atoms with Crippen LogP contribution < -0.4 is 11.1 Å². The molecule has 18 heavy (non-hydrogen) atoms. The lowest BCUT2D eigenvalue weighted by molar-refractivity contribution is 0.178. The van der Waals surface area contributed by atoms with Crippen molar-refractivity contribution in [3.8, 4) is 0 Å². The Kier molecular flexibility index (Phi) is 4.66. The quantitative estimate of drug-likeness (QED) is 0.849. The van der Waals surface area contributed by atoms with Crippen molar-refractivity contribution < 1.29 is 4.74 Å². The highest BCUT2D eigenvalue weighted by Crippen LogP contribution is 2.30. The molecule has 1 aromatic heterocycles. The molecule has 1 saturated carbocycles. The van der Waals surface area contributed by atoms with Crippen LogP contribution in [0, 0.1) is 0 Å². The molecule has 1 aromatic rings. The van der Waals surface area contributed by atoms with Crippen molar-refractivity contribution >= 4 is 23.4 Å². The highest BCUT2D eigenvalue weighted by Gasteiger charge is 2.26. The molecular weight excluding hydrogens is 248 g/mol. The monoisotopic (exact) mass is 268 g/mol. The van der Waals surface area contributed by atoms with E-state index >= 15 is 0 Å². The molecule has 100 valence electrons. The molecule has 0 aliphatic heterocycles. The van der Waals surface area contributed by atoms with Crippen LogP contribution in [0.15, 0.2) is 6.07 Å². The number of thioether (sulfide) groups is 1. The lowest BCUT2D eigenvalue weighted by atomic mass is 10.2. The Hall–Kier alpha value is -1.01. The second kappa shape index (κ2) is 6.24. The summed E-state index contributed by atoms with van der Waals surface area (Å²) in [6, 6.07) is 2.26. The maximum atomic E-state index is 5.78. The fourth-order valence-electron chi connectivity index (χ4n) is 2.35. The maximum Gasteiger partial charge on any atom is 0.158 e. The van der Waals surface area contributed by atoms with Gasteiger partial charge >= 0.3 is 0 Å². The molecule has 2 rings (SSSR count). The van der Waals surface area contributed by atoms with Gasteiger partial charge in [0.05, 0.1) is 0 Å². The highest BCUT2D eigenvalue weighted by atomic mass is 32.2. The summed E-state index contributed by atoms with van der Waals surface area (Å²) in [7, 11) is 1.63. The first-order chi connectivity index (χ1) is 8.72. The predicted octanol–water partition coefficient (Wildman–Crippen LogP) is 1.90. The number of ether oxygens (including phenoxy) is 1. The van der Waals surface area contributed by atoms with Gasteiger partial charge in [-0.1, -0.05) is 6.42 Å². The van der Waals surface area contributed by atoms with Crippen molar-refractivity contribution in [1.82, 2.24) is 9.97 Å². The normalized spacial score (nSPS) is 23.2. The summed E-state index contributed by atoms with van der Waals surface area (Å²) in [5.41, 5.74) is 5.78. The SMILES string of the molecule is COCc1nc(N)cc(NC2CCCC2SC)n1. The molecule has 0 spiro atoms. The van der Waals surface area contributed by atoms with Gasteiger partial charge in [-0.05, 0) is 19.1 Å². The molecule has 1 aliphatic carbocycles. The summed E-state index contributed by atoms with van der Waals surface area (Å²) < 4.78 is 5.04. The maximum absolute atomic E-state index is 5.78. The summed E-state index contributed by atoms with van der Waals surface area (Å²) in [5, 5.41) is 4.13. The van der Waals surface area contributed by atoms with Crippen molar-refractivity contribution in [2.45, 2.75) is 37.2 Å². The average Bonchev–Trinajstić information content (AvgIpc) is 2.76. The zero-order chi connectivity index (χ0) is 13.0. The Labute approximate surface area is 112 Å². The number of hydrogen-bond acceptors (Lipinski definition) is 6. The molecule has 3 N–H and O–H groups in total. The third-order valence-electron chi connectivity index (χ3n) is 3.15. The van der Waals surface area contributed by atoms with E-state index in [1.54, 1.807) is 13.2 Å². The first-order valence-corrected chi connectivity index (χ1v) is 7.43. The van der Waals surface area contributed by atoms with E-state index in [1.165, 1.54) is 19.3 Å². The Balaban J connectivity index is 2.08. The molecule has 5 nitrogen and oxygen atoms in total. The van der Waals surface area contributed by atoms with Crippen LogP contribution in [0.2, 0.25) is 0 Å². The summed E-state index contributed by atoms with van der Waals surface area (Å²) in [6.45, 7) is 0.385. The number of nitrogen functional groups attached to an aromatic ring is 1. The van der Waals surface area contributed by atoms with Crippen LogP contribution in [-0.4, -0.2) is 34.6 Å². The third-order valence-corrected chi connectivity index (χ3v) is 4.32. The third kappa shape index (κ3) is 3.26. The smallest absolute Gasteiger partial charge is 0.158 e. The number of nitrogens with two attached hydrogens (primary N) is 1. The largest absolute Gasteiger partial charge is 0.384 e. The van der Waals surface area contributed by atoms with Crippen LogP contribution in [-0.2, 0) is 11.3 Å². The van der Waals surface area contributed by atoms with E-state index < -0.39 is 0 Å². The van der Waals surface area contributed by atoms with E-state index in [0.717, 1.165) is 5.82 Å². The summed E-state index contributed by atoms with van der Waals surface area (Å²) in [6.07, 6.45) is 5.89. The second-order valence-electron chi connectivity index (χ2n) is 4.48. The van der Waals surface area contributed by atoms with Gasteiger partial charge in [0, 0.05) is 24.5 Å². The molecule has 1 aliphatic rings. The number of nitrogens with zero attached hydrogens (tertiary/aromatic N) is 2. The van der Waals surface area contributed by atoms with Crippen molar-refractivity contribution in [1.29, 1.82) is 0 Å². The Morgan fingerprint density at radius 1 is 1.50 bits per heavy atom. The van der Waals surface area contributed by atoms with Gasteiger partial charge in [-0.25, -0.2) is 9.97 Å². The molecule has 1 fully saturated rings. The van der Waals surface area contributed by atoms with Gasteiger partial charge in [0.2, 0.25) is 0 Å². The molecular formula is C12H20N4OS. The molecule has 1 heterocycles. The topological polar surface area (TPSA) is 73.1 Å². The van der Waals surface area contributed by atoms with Crippen LogP contribution in [0.4, 0.5) is 11.6 Å². The number of methoxy groups -OCH3 is 1. The lowest BCUT2D eigenvalue weighted by Gasteiger charge is -2.20. The zero-order valence-electron chi connectivity index (χ0n) is 10.8. The van der Waals surface area contributed by atoms with Crippen LogP contribution in [0.25, 0.3) is 0 Å². The molecule has 2 unspecified atom stereocenters. The first kappa shape index (κ1) is 13.4. The van der Waals surface area contributed by atoms with Gasteiger partial charge < -0.3 is 15.8 Å². The number of nitrogens with one attached hydrogen (secondary N) is 1. The number of aromatic nitrogens is 2. The van der Waals surface area contributed by atoms with Crippen LogP contribution in [0.3, 0.4) is 0 Å². The van der Waals surface area contributed by atoms with Crippen LogP contribution in [0.5, 0.6) is 0 Å². The second-order valence-corrected chi connectivity index (χ2v) is 5.56. The molecule has 0 radical (unpaired) electrons. The van der Waals surface area contributed by atoms with Crippen LogP contribution >= 0.6 is 11.8 Å². The summed E-state index contributed by atoms with van der Waals surface area (Å²) >= 11 is 1.92. The van der Waals surface area contributed by atoms with Gasteiger partial charge in [-0.2, -0.15) is 11.8 Å². The predicted molar refractivity (Wildman–Crippen MR) is 75.7 cm³/mol. The van der Waals surface area contributed by atoms with E-state index in [1.807, 2.05) is 11.8 Å². The molecule has 0 saturated heterocycles. The number of hydrogen-bond donors (Lipinski definition) is 2. The molecule has 0 amide bonds. The van der Waals surface area contributed by atoms with Crippen molar-refractivity contribution in [2.75, 3.05) is 24.4 Å². The van der Waals surface area contributed by atoms with Gasteiger partial charge in [0.1, 0.15) is 18.2 Å². The van der Waals surface area contributed by atoms with E-state index in [9.17, 15) is 0 Å². The van der Waals surface area contributed by atoms with Gasteiger partial charge in [0.15, 0.2) is 5.82 Å². The number of rotatable bonds is 5. The van der Waals surface area contributed by atoms with Crippen LogP contribution in [0.1, 0.15) is 25.1 Å². The minimum absolute atomic E-state index is 0.385. The highest BCUT2D eigenvalue weighted by molar-refractivity contribution is 7.99. The molecule has 2 atom stereocenters. The van der Waals surface area contributed by atoms with Crippen molar-refractivity contribution in [2.24, 2.45) is 0 Å². The Bertz CT molecular complexity index is 402. The molecule has 6 heteroatoms. The minimum atomic E-state index is 0.385. The van der Waals surface area contributed by atoms with Crippen molar-refractivity contribution in [3.63, 3.8) is 0 Å². The van der Waals surface area contributed by atoms with E-state index in [0.29, 0.717) is 29.5 Å². The van der Waals surface area contributed by atoms with E-state index in [4.69, 9.17) is 10.5 Å². The Morgan fingerprint density at radius 2 is 2.33 bits per heavy atom. The Morgan fingerprint density at radius 3 is 3.06 bits per heavy atom. The van der Waals surface area contributed by atoms with E-state index in [2.05, 4.69) is 21.5 Å². The zero-order valence-corrected chi connectivity index (χ0v) is 11.7. The fourth-order valence-corrected chi connectivity index (χ4v) is 3.28. The van der Waals surface area contributed by atoms with E-state index in [-0.39, 0.29) is 0 Å². The van der Waals surface area contributed by atoms with Gasteiger partial charge in [-0.3, -0.25) is 0 Å². The summed E-state index contributed by atoms with van der Waals surface area (Å²) in [4.78, 5) is 8.55. The van der Waals surface area contributed by atoms with Crippen molar-refractivity contribution in [3.05, 3.63) is 11.9 Å². The molecule has 0 aromatic carbocycles. The van der Waals surface area contributed by atoms with Gasteiger partial charge in [-0.15, -0.1) is 0 Å². The first-order valence-electron chi connectivity index (χ1n) is 6.14. The molecule has 0 bridgehead atoms. The summed E-state index contributed by atoms with van der Waals surface area (Å²) in [5.74, 6) is 1.91. The number of anilines is 2. The lowest BCUT2D eigenvalue weighted by Crippen LogP contribution is -2.26. The minimum Gasteiger partial charge on any atom is -0.384 e. The average molecular weight is 268 g/mol.